The highest BCUT2D eigenvalue weighted by atomic mass is 32.2. The number of aromatic nitrogens is 1. The van der Waals surface area contributed by atoms with Crippen LogP contribution in [-0.4, -0.2) is 41.1 Å². The Kier molecular flexibility index (Phi) is 7.84. The van der Waals surface area contributed by atoms with E-state index in [1.165, 1.54) is 12.8 Å². The molecule has 1 unspecified atom stereocenters. The molecule has 0 spiro atoms. The van der Waals surface area contributed by atoms with Gasteiger partial charge in [0.1, 0.15) is 12.1 Å². The summed E-state index contributed by atoms with van der Waals surface area (Å²) in [6.45, 7) is 0.346. The molecule has 1 aliphatic rings. The molecule has 1 atom stereocenters. The van der Waals surface area contributed by atoms with Crippen molar-refractivity contribution in [3.63, 3.8) is 0 Å². The van der Waals surface area contributed by atoms with Crippen LogP contribution in [0.1, 0.15) is 37.7 Å². The Morgan fingerprint density at radius 3 is 2.88 bits per heavy atom. The molecule has 1 aliphatic carbocycles. The Bertz CT molecular complexity index is 579. The molecule has 25 heavy (non-hydrogen) atoms. The summed E-state index contributed by atoms with van der Waals surface area (Å²) in [6.07, 6.45) is 8.93. The molecular weight excluding hydrogens is 340 g/mol. The summed E-state index contributed by atoms with van der Waals surface area (Å²) in [5.41, 5.74) is 6.05. The van der Waals surface area contributed by atoms with Crippen molar-refractivity contribution in [2.75, 3.05) is 12.0 Å². The lowest BCUT2D eigenvalue weighted by atomic mass is 10.2. The Hall–Kier alpha value is -1.96. The number of hydrogen-bond acceptors (Lipinski definition) is 5. The first-order chi connectivity index (χ1) is 12.1. The monoisotopic (exact) mass is 366 g/mol. The van der Waals surface area contributed by atoms with Gasteiger partial charge in [-0.1, -0.05) is 0 Å². The van der Waals surface area contributed by atoms with Gasteiger partial charge in [-0.15, -0.1) is 0 Å². The van der Waals surface area contributed by atoms with Crippen LogP contribution in [0, 0.1) is 0 Å². The van der Waals surface area contributed by atoms with E-state index < -0.39 is 12.1 Å². The SMILES string of the molecule is CSCCC(NC(N)=O)C(=O)NCc1ccnc(OC2CCCC2)c1. The molecule has 0 bridgehead atoms. The van der Waals surface area contributed by atoms with Crippen molar-refractivity contribution in [3.05, 3.63) is 23.9 Å². The fourth-order valence-electron chi connectivity index (χ4n) is 2.79. The number of hydrogen-bond donors (Lipinski definition) is 3. The number of urea groups is 1. The number of rotatable bonds is 9. The van der Waals surface area contributed by atoms with Crippen LogP contribution in [0.15, 0.2) is 18.3 Å². The van der Waals surface area contributed by atoms with Crippen molar-refractivity contribution in [2.45, 2.75) is 50.8 Å². The van der Waals surface area contributed by atoms with Gasteiger partial charge in [-0.3, -0.25) is 4.79 Å². The van der Waals surface area contributed by atoms with Crippen molar-refractivity contribution in [2.24, 2.45) is 5.73 Å². The highest BCUT2D eigenvalue weighted by molar-refractivity contribution is 7.98. The number of pyridine rings is 1. The van der Waals surface area contributed by atoms with E-state index in [1.807, 2.05) is 18.4 Å². The predicted molar refractivity (Wildman–Crippen MR) is 98.5 cm³/mol. The quantitative estimate of drug-likeness (QED) is 0.618. The third kappa shape index (κ3) is 6.81. The number of nitrogens with zero attached hydrogens (tertiary/aromatic N) is 1. The van der Waals surface area contributed by atoms with Crippen LogP contribution in [0.2, 0.25) is 0 Å². The van der Waals surface area contributed by atoms with Crippen LogP contribution in [0.4, 0.5) is 4.79 Å². The molecule has 0 aromatic carbocycles. The Balaban J connectivity index is 1.87. The molecule has 7 nitrogen and oxygen atoms in total. The first-order valence-electron chi connectivity index (χ1n) is 8.52. The third-order valence-corrected chi connectivity index (χ3v) is 4.74. The van der Waals surface area contributed by atoms with Crippen molar-refractivity contribution < 1.29 is 14.3 Å². The topological polar surface area (TPSA) is 106 Å². The highest BCUT2D eigenvalue weighted by Gasteiger charge is 2.19. The molecule has 0 aliphatic heterocycles. The van der Waals surface area contributed by atoms with Gasteiger partial charge in [-0.25, -0.2) is 9.78 Å². The van der Waals surface area contributed by atoms with Crippen LogP contribution in [-0.2, 0) is 11.3 Å². The zero-order valence-electron chi connectivity index (χ0n) is 14.5. The smallest absolute Gasteiger partial charge is 0.312 e. The van der Waals surface area contributed by atoms with E-state index in [0.717, 1.165) is 24.2 Å². The molecule has 1 aromatic heterocycles. The van der Waals surface area contributed by atoms with E-state index >= 15 is 0 Å². The summed E-state index contributed by atoms with van der Waals surface area (Å²) in [6, 6.07) is 2.36. The normalized spacial score (nSPS) is 15.6. The second-order valence-electron chi connectivity index (χ2n) is 6.09. The zero-order valence-corrected chi connectivity index (χ0v) is 15.3. The number of thioether (sulfide) groups is 1. The number of amides is 3. The van der Waals surface area contributed by atoms with Gasteiger partial charge in [0.05, 0.1) is 0 Å². The Labute approximate surface area is 152 Å². The average Bonchev–Trinajstić information content (AvgIpc) is 3.09. The van der Waals surface area contributed by atoms with Crippen molar-refractivity contribution in [3.8, 4) is 5.88 Å². The molecule has 1 saturated carbocycles. The third-order valence-electron chi connectivity index (χ3n) is 4.10. The van der Waals surface area contributed by atoms with E-state index in [9.17, 15) is 9.59 Å². The van der Waals surface area contributed by atoms with Gasteiger partial charge in [0.25, 0.3) is 0 Å². The number of ether oxygens (including phenoxy) is 1. The second kappa shape index (κ2) is 10.1. The van der Waals surface area contributed by atoms with Gasteiger partial charge in [0, 0.05) is 18.8 Å². The lowest BCUT2D eigenvalue weighted by Gasteiger charge is -2.17. The first kappa shape index (κ1) is 19.4. The maximum Gasteiger partial charge on any atom is 0.312 e. The van der Waals surface area contributed by atoms with Gasteiger partial charge in [0.15, 0.2) is 0 Å². The van der Waals surface area contributed by atoms with Crippen molar-refractivity contribution >= 4 is 23.7 Å². The zero-order chi connectivity index (χ0) is 18.1. The molecular formula is C17H26N4O3S. The van der Waals surface area contributed by atoms with Crippen molar-refractivity contribution in [1.82, 2.24) is 15.6 Å². The van der Waals surface area contributed by atoms with Crippen molar-refractivity contribution in [1.29, 1.82) is 0 Å². The molecule has 138 valence electrons. The standard InChI is InChI=1S/C17H26N4O3S/c1-25-9-7-14(21-17(18)23)16(22)20-11-12-6-8-19-15(10-12)24-13-4-2-3-5-13/h6,8,10,13-14H,2-5,7,9,11H2,1H3,(H,20,22)(H3,18,21,23). The molecule has 1 fully saturated rings. The van der Waals surface area contributed by atoms with Gasteiger partial charge >= 0.3 is 6.03 Å². The molecule has 1 heterocycles. The average molecular weight is 366 g/mol. The van der Waals surface area contributed by atoms with Gasteiger partial charge in [0.2, 0.25) is 11.8 Å². The molecule has 1 aromatic rings. The fourth-order valence-corrected chi connectivity index (χ4v) is 3.26. The molecule has 4 N–H and O–H groups in total. The number of nitrogens with one attached hydrogen (secondary N) is 2. The Morgan fingerprint density at radius 1 is 1.44 bits per heavy atom. The van der Waals surface area contributed by atoms with E-state index in [0.29, 0.717) is 18.8 Å². The summed E-state index contributed by atoms with van der Waals surface area (Å²) in [7, 11) is 0. The summed E-state index contributed by atoms with van der Waals surface area (Å²) in [4.78, 5) is 27.6. The van der Waals surface area contributed by atoms with Crippen LogP contribution < -0.4 is 21.1 Å². The minimum atomic E-state index is -0.697. The van der Waals surface area contributed by atoms with E-state index in [-0.39, 0.29) is 12.0 Å². The molecule has 0 saturated heterocycles. The largest absolute Gasteiger partial charge is 0.474 e. The first-order valence-corrected chi connectivity index (χ1v) is 9.92. The molecule has 0 radical (unpaired) electrons. The summed E-state index contributed by atoms with van der Waals surface area (Å²) >= 11 is 1.61. The summed E-state index contributed by atoms with van der Waals surface area (Å²) in [5.74, 6) is 1.10. The second-order valence-corrected chi connectivity index (χ2v) is 7.07. The highest BCUT2D eigenvalue weighted by Crippen LogP contribution is 2.23. The Morgan fingerprint density at radius 2 is 2.20 bits per heavy atom. The van der Waals surface area contributed by atoms with Crippen LogP contribution in [0.3, 0.4) is 0 Å². The molecule has 3 amide bonds. The fraction of sp³-hybridized carbons (Fsp3) is 0.588. The lowest BCUT2D eigenvalue weighted by Crippen LogP contribution is -2.48. The molecule has 8 heteroatoms. The number of carbonyl (C=O) groups is 2. The van der Waals surface area contributed by atoms with Gasteiger partial charge in [-0.05, 0) is 55.7 Å². The number of nitrogens with two attached hydrogens (primary N) is 1. The van der Waals surface area contributed by atoms with E-state index in [4.69, 9.17) is 10.5 Å². The minimum Gasteiger partial charge on any atom is -0.474 e. The van der Waals surface area contributed by atoms with E-state index in [2.05, 4.69) is 15.6 Å². The van der Waals surface area contributed by atoms with Crippen LogP contribution >= 0.6 is 11.8 Å². The predicted octanol–water partition coefficient (Wildman–Crippen LogP) is 1.81. The maximum absolute atomic E-state index is 12.3. The number of primary amides is 1. The minimum absolute atomic E-state index is 0.244. The number of carbonyl (C=O) groups excluding carboxylic acids is 2. The maximum atomic E-state index is 12.3. The van der Waals surface area contributed by atoms with Gasteiger partial charge in [-0.2, -0.15) is 11.8 Å². The summed E-state index contributed by atoms with van der Waals surface area (Å²) < 4.78 is 5.88. The summed E-state index contributed by atoms with van der Waals surface area (Å²) in [5, 5.41) is 5.32. The lowest BCUT2D eigenvalue weighted by molar-refractivity contribution is -0.123. The van der Waals surface area contributed by atoms with Gasteiger partial charge < -0.3 is 21.1 Å². The van der Waals surface area contributed by atoms with Crippen LogP contribution in [0.5, 0.6) is 5.88 Å². The van der Waals surface area contributed by atoms with E-state index in [1.54, 1.807) is 18.0 Å². The van der Waals surface area contributed by atoms with Crippen LogP contribution in [0.25, 0.3) is 0 Å². The molecule has 2 rings (SSSR count).